The van der Waals surface area contributed by atoms with Gasteiger partial charge in [-0.25, -0.2) is 9.36 Å². The average molecular weight is 367 g/mol. The second kappa shape index (κ2) is 11.1. The first-order chi connectivity index (χ1) is 11.1. The van der Waals surface area contributed by atoms with Crippen molar-refractivity contribution >= 4 is 0 Å². The predicted molar refractivity (Wildman–Crippen MR) is 112 cm³/mol. The topological polar surface area (TPSA) is 61.4 Å². The molecular weight excluding hydrogens is 324 g/mol. The van der Waals surface area contributed by atoms with Crippen molar-refractivity contribution in [3.05, 3.63) is 22.8 Å². The van der Waals surface area contributed by atoms with Crippen molar-refractivity contribution in [3.63, 3.8) is 0 Å². The van der Waals surface area contributed by atoms with E-state index in [9.17, 15) is 0 Å². The number of hydrogen-bond acceptors (Lipinski definition) is 4. The van der Waals surface area contributed by atoms with E-state index in [2.05, 4.69) is 89.9 Å². The molecule has 0 saturated heterocycles. The van der Waals surface area contributed by atoms with Crippen LogP contribution in [-0.2, 0) is 0 Å². The molecule has 0 aromatic carbocycles. The Kier molecular flexibility index (Phi) is 11.3. The molecule has 0 aliphatic heterocycles. The highest BCUT2D eigenvalue weighted by atomic mass is 15.4. The minimum Gasteiger partial charge on any atom is -0.247 e. The van der Waals surface area contributed by atoms with Crippen LogP contribution in [0.3, 0.4) is 0 Å². The van der Waals surface area contributed by atoms with Crippen LogP contribution < -0.4 is 0 Å². The molecule has 0 aliphatic rings. The van der Waals surface area contributed by atoms with Gasteiger partial charge in [-0.15, -0.1) is 10.2 Å². The molecule has 26 heavy (non-hydrogen) atoms. The third kappa shape index (κ3) is 6.22. The van der Waals surface area contributed by atoms with Crippen molar-refractivity contribution < 1.29 is 0 Å². The Balaban J connectivity index is 0. The van der Waals surface area contributed by atoms with Gasteiger partial charge in [0.25, 0.3) is 0 Å². The van der Waals surface area contributed by atoms with Crippen molar-refractivity contribution in [1.29, 1.82) is 0 Å². The molecular formula is C20H42N6. The minimum atomic E-state index is 0. The fraction of sp³-hybridized carbons (Fsp3) is 0.800. The molecule has 0 N–H and O–H groups in total. The highest BCUT2D eigenvalue weighted by molar-refractivity contribution is 5.12. The molecule has 0 unspecified atom stereocenters. The largest absolute Gasteiger partial charge is 0.247 e. The molecule has 2 aromatic heterocycles. The molecule has 0 amide bonds. The van der Waals surface area contributed by atoms with E-state index < -0.39 is 0 Å². The first kappa shape index (κ1) is 26.5. The molecule has 0 aliphatic carbocycles. The molecule has 0 radical (unpaired) electrons. The van der Waals surface area contributed by atoms with E-state index in [4.69, 9.17) is 0 Å². The Bertz CT molecular complexity index is 528. The van der Waals surface area contributed by atoms with Crippen molar-refractivity contribution in [2.75, 3.05) is 0 Å². The zero-order valence-corrected chi connectivity index (χ0v) is 17.0. The van der Waals surface area contributed by atoms with Gasteiger partial charge in [0.2, 0.25) is 0 Å². The van der Waals surface area contributed by atoms with Crippen molar-refractivity contribution in [1.82, 2.24) is 30.0 Å². The lowest BCUT2D eigenvalue weighted by atomic mass is 10.1. The lowest BCUT2D eigenvalue weighted by Gasteiger charge is -2.07. The van der Waals surface area contributed by atoms with Gasteiger partial charge >= 0.3 is 0 Å². The maximum absolute atomic E-state index is 4.15. The molecule has 0 spiro atoms. The van der Waals surface area contributed by atoms with Crippen LogP contribution in [0.4, 0.5) is 0 Å². The monoisotopic (exact) mass is 366 g/mol. The first-order valence-corrected chi connectivity index (χ1v) is 8.91. The Hall–Kier alpha value is -1.72. The van der Waals surface area contributed by atoms with Crippen LogP contribution in [-0.4, -0.2) is 30.0 Å². The summed E-state index contributed by atoms with van der Waals surface area (Å²) in [4.78, 5) is 0. The molecule has 2 aromatic rings. The van der Waals surface area contributed by atoms with Gasteiger partial charge < -0.3 is 0 Å². The standard InChI is InChI=1S/2C9H17N3.2CH4/c2*1-6(2)9-8(5)12(7(3)4)11-10-9;;/h2*6-7H,1-5H3;2*1H4. The van der Waals surface area contributed by atoms with Crippen LogP contribution in [0.2, 0.25) is 0 Å². The normalized spacial score (nSPS) is 10.7. The Labute approximate surface area is 161 Å². The van der Waals surface area contributed by atoms with E-state index in [1.54, 1.807) is 0 Å². The van der Waals surface area contributed by atoms with Gasteiger partial charge in [0.15, 0.2) is 0 Å². The van der Waals surface area contributed by atoms with Crippen LogP contribution in [0.5, 0.6) is 0 Å². The summed E-state index contributed by atoms with van der Waals surface area (Å²) in [7, 11) is 0. The quantitative estimate of drug-likeness (QED) is 0.680. The summed E-state index contributed by atoms with van der Waals surface area (Å²) in [5.74, 6) is 0.940. The zero-order chi connectivity index (χ0) is 18.6. The molecule has 0 atom stereocenters. The van der Waals surface area contributed by atoms with E-state index in [1.807, 2.05) is 9.36 Å². The van der Waals surface area contributed by atoms with Gasteiger partial charge in [0.1, 0.15) is 0 Å². The first-order valence-electron chi connectivity index (χ1n) is 8.91. The highest BCUT2D eigenvalue weighted by Gasteiger charge is 2.13. The maximum atomic E-state index is 4.15. The number of hydrogen-bond donors (Lipinski definition) is 0. The lowest BCUT2D eigenvalue weighted by molar-refractivity contribution is 0.502. The van der Waals surface area contributed by atoms with Crippen LogP contribution >= 0.6 is 0 Å². The van der Waals surface area contributed by atoms with E-state index in [0.717, 1.165) is 11.4 Å². The molecule has 2 rings (SSSR count). The summed E-state index contributed by atoms with van der Waals surface area (Å²) in [5, 5.41) is 16.5. The fourth-order valence-electron chi connectivity index (χ4n) is 2.75. The molecule has 0 fully saturated rings. The van der Waals surface area contributed by atoms with Gasteiger partial charge in [0.05, 0.1) is 22.8 Å². The summed E-state index contributed by atoms with van der Waals surface area (Å²) >= 11 is 0. The third-order valence-electron chi connectivity index (χ3n) is 4.00. The Morgan fingerprint density at radius 1 is 0.577 bits per heavy atom. The summed E-state index contributed by atoms with van der Waals surface area (Å²) in [5.41, 5.74) is 4.62. The lowest BCUT2D eigenvalue weighted by Crippen LogP contribution is -2.05. The summed E-state index contributed by atoms with van der Waals surface area (Å²) < 4.78 is 3.94. The highest BCUT2D eigenvalue weighted by Crippen LogP contribution is 2.18. The van der Waals surface area contributed by atoms with E-state index in [0.29, 0.717) is 23.9 Å². The second-order valence-corrected chi connectivity index (χ2v) is 7.51. The van der Waals surface area contributed by atoms with Gasteiger partial charge in [-0.2, -0.15) is 0 Å². The molecule has 0 saturated carbocycles. The van der Waals surface area contributed by atoms with Crippen LogP contribution in [0.1, 0.15) is 117 Å². The van der Waals surface area contributed by atoms with E-state index in [-0.39, 0.29) is 14.9 Å². The smallest absolute Gasteiger partial charge is 0.0881 e. The van der Waals surface area contributed by atoms with Crippen LogP contribution in [0, 0.1) is 13.8 Å². The van der Waals surface area contributed by atoms with E-state index >= 15 is 0 Å². The van der Waals surface area contributed by atoms with Crippen LogP contribution in [0.25, 0.3) is 0 Å². The molecule has 6 nitrogen and oxygen atoms in total. The molecule has 6 heteroatoms. The number of rotatable bonds is 4. The van der Waals surface area contributed by atoms with Crippen molar-refractivity contribution in [2.24, 2.45) is 0 Å². The summed E-state index contributed by atoms with van der Waals surface area (Å²) in [6.45, 7) is 21.2. The van der Waals surface area contributed by atoms with Crippen molar-refractivity contribution in [2.45, 2.75) is 108 Å². The SMILES string of the molecule is C.C.Cc1c(C(C)C)nnn1C(C)C.Cc1c(C(C)C)nnn1C(C)C. The predicted octanol–water partition coefficient (Wildman–Crippen LogP) is 5.85. The Morgan fingerprint density at radius 2 is 0.846 bits per heavy atom. The zero-order valence-electron chi connectivity index (χ0n) is 17.0. The minimum absolute atomic E-state index is 0. The Morgan fingerprint density at radius 3 is 0.962 bits per heavy atom. The molecule has 2 heterocycles. The number of aromatic nitrogens is 6. The summed E-state index contributed by atoms with van der Waals surface area (Å²) in [6, 6.07) is 0.815. The third-order valence-corrected chi connectivity index (χ3v) is 4.00. The second-order valence-electron chi connectivity index (χ2n) is 7.51. The average Bonchev–Trinajstić information content (AvgIpc) is 3.02. The fourth-order valence-corrected chi connectivity index (χ4v) is 2.75. The van der Waals surface area contributed by atoms with Crippen molar-refractivity contribution in [3.8, 4) is 0 Å². The van der Waals surface area contributed by atoms with Gasteiger partial charge in [0, 0.05) is 12.1 Å². The van der Waals surface area contributed by atoms with Crippen LogP contribution in [0.15, 0.2) is 0 Å². The molecule has 0 bridgehead atoms. The van der Waals surface area contributed by atoms with Gasteiger partial charge in [-0.3, -0.25) is 0 Å². The van der Waals surface area contributed by atoms with E-state index in [1.165, 1.54) is 11.4 Å². The number of nitrogens with zero attached hydrogens (tertiary/aromatic N) is 6. The summed E-state index contributed by atoms with van der Waals surface area (Å²) in [6.07, 6.45) is 0. The van der Waals surface area contributed by atoms with Gasteiger partial charge in [-0.1, -0.05) is 53.0 Å². The molecule has 152 valence electrons. The maximum Gasteiger partial charge on any atom is 0.0881 e. The van der Waals surface area contributed by atoms with Gasteiger partial charge in [-0.05, 0) is 53.4 Å².